The van der Waals surface area contributed by atoms with E-state index in [0.29, 0.717) is 25.3 Å². The minimum Gasteiger partial charge on any atom is -0.370 e. The quantitative estimate of drug-likeness (QED) is 0.729. The Morgan fingerprint density at radius 1 is 1.17 bits per heavy atom. The van der Waals surface area contributed by atoms with Crippen LogP contribution in [0.25, 0.3) is 10.9 Å². The number of rotatable bonds is 2. The van der Waals surface area contributed by atoms with Gasteiger partial charge < -0.3 is 9.64 Å². The van der Waals surface area contributed by atoms with Crippen molar-refractivity contribution in [1.82, 2.24) is 14.9 Å². The van der Waals surface area contributed by atoms with Crippen LogP contribution in [0.1, 0.15) is 22.0 Å². The van der Waals surface area contributed by atoms with E-state index in [1.54, 1.807) is 18.6 Å². The zero-order valence-electron chi connectivity index (χ0n) is 13.1. The normalized spacial score (nSPS) is 17.8. The molecule has 1 saturated heterocycles. The molecule has 0 spiro atoms. The van der Waals surface area contributed by atoms with Crippen LogP contribution in [-0.4, -0.2) is 40.5 Å². The SMILES string of the molecule is O=C(c1cnc2ccccc2c1)N1CCOC(c2ccncc2)C1. The van der Waals surface area contributed by atoms with Crippen molar-refractivity contribution in [2.45, 2.75) is 6.10 Å². The lowest BCUT2D eigenvalue weighted by Gasteiger charge is -2.33. The summed E-state index contributed by atoms with van der Waals surface area (Å²) in [5.41, 5.74) is 2.55. The molecular weight excluding hydrogens is 302 g/mol. The number of para-hydroxylation sites is 1. The maximum atomic E-state index is 12.8. The maximum Gasteiger partial charge on any atom is 0.255 e. The van der Waals surface area contributed by atoms with Crippen molar-refractivity contribution in [1.29, 1.82) is 0 Å². The second-order valence-corrected chi connectivity index (χ2v) is 5.81. The van der Waals surface area contributed by atoms with Gasteiger partial charge in [-0.3, -0.25) is 14.8 Å². The molecule has 5 heteroatoms. The molecule has 0 aliphatic carbocycles. The van der Waals surface area contributed by atoms with Crippen molar-refractivity contribution >= 4 is 16.8 Å². The standard InChI is InChI=1S/C19H17N3O2/c23-19(16-11-15-3-1-2-4-17(15)21-12-16)22-9-10-24-18(13-22)14-5-7-20-8-6-14/h1-8,11-12,18H,9-10,13H2. The average Bonchev–Trinajstić information content (AvgIpc) is 2.68. The molecule has 24 heavy (non-hydrogen) atoms. The highest BCUT2D eigenvalue weighted by Gasteiger charge is 2.26. The molecule has 1 atom stereocenters. The molecule has 3 aromatic rings. The van der Waals surface area contributed by atoms with Crippen molar-refractivity contribution in [3.8, 4) is 0 Å². The van der Waals surface area contributed by atoms with E-state index < -0.39 is 0 Å². The third kappa shape index (κ3) is 2.86. The van der Waals surface area contributed by atoms with Gasteiger partial charge in [-0.25, -0.2) is 0 Å². The first-order valence-corrected chi connectivity index (χ1v) is 7.97. The van der Waals surface area contributed by atoms with Gasteiger partial charge >= 0.3 is 0 Å². The maximum absolute atomic E-state index is 12.8. The minimum absolute atomic E-state index is 0.00407. The molecule has 1 aliphatic rings. The van der Waals surface area contributed by atoms with Gasteiger partial charge in [-0.1, -0.05) is 18.2 Å². The predicted molar refractivity (Wildman–Crippen MR) is 90.6 cm³/mol. The highest BCUT2D eigenvalue weighted by atomic mass is 16.5. The summed E-state index contributed by atoms with van der Waals surface area (Å²) in [4.78, 5) is 23.1. The highest BCUT2D eigenvalue weighted by Crippen LogP contribution is 2.23. The Labute approximate surface area is 139 Å². The number of aromatic nitrogens is 2. The Morgan fingerprint density at radius 3 is 2.88 bits per heavy atom. The number of carbonyl (C=O) groups is 1. The van der Waals surface area contributed by atoms with Gasteiger partial charge in [0.25, 0.3) is 5.91 Å². The van der Waals surface area contributed by atoms with Crippen molar-refractivity contribution < 1.29 is 9.53 Å². The van der Waals surface area contributed by atoms with Gasteiger partial charge in [-0.15, -0.1) is 0 Å². The molecule has 0 bridgehead atoms. The van der Waals surface area contributed by atoms with E-state index in [9.17, 15) is 4.79 Å². The molecule has 1 amide bonds. The molecule has 4 rings (SSSR count). The van der Waals surface area contributed by atoms with Gasteiger partial charge in [0.05, 0.1) is 24.2 Å². The summed E-state index contributed by atoms with van der Waals surface area (Å²) in [6, 6.07) is 13.6. The lowest BCUT2D eigenvalue weighted by atomic mass is 10.1. The number of amides is 1. The van der Waals surface area contributed by atoms with Crippen LogP contribution in [0.15, 0.2) is 61.1 Å². The summed E-state index contributed by atoms with van der Waals surface area (Å²) in [6.45, 7) is 1.66. The number of morpholine rings is 1. The van der Waals surface area contributed by atoms with Crippen molar-refractivity contribution in [3.05, 3.63) is 72.2 Å². The van der Waals surface area contributed by atoms with Gasteiger partial charge in [-0.2, -0.15) is 0 Å². The van der Waals surface area contributed by atoms with E-state index >= 15 is 0 Å². The molecule has 0 radical (unpaired) electrons. The zero-order valence-corrected chi connectivity index (χ0v) is 13.1. The molecule has 5 nitrogen and oxygen atoms in total. The summed E-state index contributed by atoms with van der Waals surface area (Å²) < 4.78 is 5.81. The smallest absolute Gasteiger partial charge is 0.255 e. The van der Waals surface area contributed by atoms with E-state index in [1.165, 1.54) is 0 Å². The first-order valence-electron chi connectivity index (χ1n) is 7.97. The summed E-state index contributed by atoms with van der Waals surface area (Å²) in [5, 5.41) is 0.974. The van der Waals surface area contributed by atoms with Crippen LogP contribution < -0.4 is 0 Å². The number of carbonyl (C=O) groups excluding carboxylic acids is 1. The van der Waals surface area contributed by atoms with Crippen LogP contribution in [0, 0.1) is 0 Å². The fraction of sp³-hybridized carbons (Fsp3) is 0.211. The molecule has 3 heterocycles. The van der Waals surface area contributed by atoms with Crippen LogP contribution in [0.2, 0.25) is 0 Å². The minimum atomic E-state index is -0.112. The number of fused-ring (bicyclic) bond motifs is 1. The van der Waals surface area contributed by atoms with E-state index in [4.69, 9.17) is 4.74 Å². The van der Waals surface area contributed by atoms with Gasteiger partial charge in [0.15, 0.2) is 0 Å². The van der Waals surface area contributed by atoms with Crippen LogP contribution in [0.3, 0.4) is 0 Å². The van der Waals surface area contributed by atoms with Crippen LogP contribution >= 0.6 is 0 Å². The number of pyridine rings is 2. The van der Waals surface area contributed by atoms with E-state index in [1.807, 2.05) is 47.4 Å². The number of ether oxygens (including phenoxy) is 1. The Bertz CT molecular complexity index is 867. The third-order valence-corrected chi connectivity index (χ3v) is 4.27. The lowest BCUT2D eigenvalue weighted by Crippen LogP contribution is -2.42. The number of benzene rings is 1. The second kappa shape index (κ2) is 6.37. The van der Waals surface area contributed by atoms with Gasteiger partial charge in [0.2, 0.25) is 0 Å². The Hall–Kier alpha value is -2.79. The largest absolute Gasteiger partial charge is 0.370 e. The van der Waals surface area contributed by atoms with Crippen molar-refractivity contribution in [3.63, 3.8) is 0 Å². The monoisotopic (exact) mass is 319 g/mol. The van der Waals surface area contributed by atoms with E-state index in [0.717, 1.165) is 16.5 Å². The summed E-state index contributed by atoms with van der Waals surface area (Å²) in [5.74, 6) is -0.00407. The highest BCUT2D eigenvalue weighted by molar-refractivity contribution is 5.97. The molecule has 1 aromatic carbocycles. The summed E-state index contributed by atoms with van der Waals surface area (Å²) in [6.07, 6.45) is 5.03. The summed E-state index contributed by atoms with van der Waals surface area (Å²) >= 11 is 0. The second-order valence-electron chi connectivity index (χ2n) is 5.81. The third-order valence-electron chi connectivity index (χ3n) is 4.27. The molecule has 2 aromatic heterocycles. The molecule has 0 N–H and O–H groups in total. The van der Waals surface area contributed by atoms with Crippen LogP contribution in [0.4, 0.5) is 0 Å². The summed E-state index contributed by atoms with van der Waals surface area (Å²) in [7, 11) is 0. The topological polar surface area (TPSA) is 55.3 Å². The molecule has 1 aliphatic heterocycles. The first kappa shape index (κ1) is 14.8. The predicted octanol–water partition coefficient (Wildman–Crippen LogP) is 2.84. The van der Waals surface area contributed by atoms with Gasteiger partial charge in [0, 0.05) is 30.5 Å². The van der Waals surface area contributed by atoms with Crippen molar-refractivity contribution in [2.24, 2.45) is 0 Å². The molecule has 0 saturated carbocycles. The number of nitrogens with zero attached hydrogens (tertiary/aromatic N) is 3. The molecule has 1 fully saturated rings. The molecular formula is C19H17N3O2. The Balaban J connectivity index is 1.56. The molecule has 1 unspecified atom stereocenters. The van der Waals surface area contributed by atoms with E-state index in [2.05, 4.69) is 9.97 Å². The molecule has 120 valence electrons. The van der Waals surface area contributed by atoms with Gasteiger partial charge in [-0.05, 0) is 29.8 Å². The van der Waals surface area contributed by atoms with E-state index in [-0.39, 0.29) is 12.0 Å². The van der Waals surface area contributed by atoms with Crippen molar-refractivity contribution in [2.75, 3.05) is 19.7 Å². The lowest BCUT2D eigenvalue weighted by molar-refractivity contribution is -0.0228. The Morgan fingerprint density at radius 2 is 2.00 bits per heavy atom. The first-order chi connectivity index (χ1) is 11.8. The fourth-order valence-electron chi connectivity index (χ4n) is 2.98. The van der Waals surface area contributed by atoms with Gasteiger partial charge in [0.1, 0.15) is 6.10 Å². The fourth-order valence-corrected chi connectivity index (χ4v) is 2.98. The number of hydrogen-bond acceptors (Lipinski definition) is 4. The number of hydrogen-bond donors (Lipinski definition) is 0. The van der Waals surface area contributed by atoms with Crippen LogP contribution in [0.5, 0.6) is 0 Å². The zero-order chi connectivity index (χ0) is 16.4. The van der Waals surface area contributed by atoms with Crippen LogP contribution in [-0.2, 0) is 4.74 Å². The Kier molecular flexibility index (Phi) is 3.92. The average molecular weight is 319 g/mol.